The second kappa shape index (κ2) is 5.73. The Kier molecular flexibility index (Phi) is 3.59. The van der Waals surface area contributed by atoms with E-state index in [1.54, 1.807) is 28.1 Å². The molecule has 0 aliphatic carbocycles. The number of thioether (sulfide) groups is 1. The van der Waals surface area contributed by atoms with Gasteiger partial charge < -0.3 is 4.90 Å². The van der Waals surface area contributed by atoms with Gasteiger partial charge in [0.1, 0.15) is 0 Å². The minimum absolute atomic E-state index is 0.00271. The van der Waals surface area contributed by atoms with Crippen molar-refractivity contribution in [2.75, 3.05) is 24.6 Å². The zero-order chi connectivity index (χ0) is 14.9. The number of carbonyl (C=O) groups is 1. The van der Waals surface area contributed by atoms with E-state index in [1.165, 1.54) is 0 Å². The van der Waals surface area contributed by atoms with E-state index in [-0.39, 0.29) is 5.91 Å². The maximum atomic E-state index is 12.6. The number of thiophene rings is 1. The fourth-order valence-corrected chi connectivity index (χ4v) is 4.18. The van der Waals surface area contributed by atoms with E-state index in [9.17, 15) is 4.79 Å². The van der Waals surface area contributed by atoms with Crippen LogP contribution in [0.4, 0.5) is 0 Å². The zero-order valence-electron chi connectivity index (χ0n) is 11.8. The quantitative estimate of drug-likeness (QED) is 0.725. The van der Waals surface area contributed by atoms with Gasteiger partial charge >= 0.3 is 0 Å². The van der Waals surface area contributed by atoms with Crippen molar-refractivity contribution in [2.45, 2.75) is 0 Å². The lowest BCUT2D eigenvalue weighted by atomic mass is 10.3. The molecule has 1 saturated heterocycles. The van der Waals surface area contributed by atoms with Crippen LogP contribution in [0.5, 0.6) is 0 Å². The molecule has 7 heteroatoms. The summed E-state index contributed by atoms with van der Waals surface area (Å²) in [6, 6.07) is 7.76. The van der Waals surface area contributed by atoms with Gasteiger partial charge in [0.25, 0.3) is 5.91 Å². The molecule has 1 amide bonds. The lowest BCUT2D eigenvalue weighted by Crippen LogP contribution is -2.38. The van der Waals surface area contributed by atoms with E-state index in [0.717, 1.165) is 35.2 Å². The van der Waals surface area contributed by atoms with E-state index in [2.05, 4.69) is 10.1 Å². The molecule has 3 aromatic heterocycles. The van der Waals surface area contributed by atoms with Gasteiger partial charge in [-0.25, -0.2) is 9.50 Å². The summed E-state index contributed by atoms with van der Waals surface area (Å²) in [5.74, 6) is 2.00. The summed E-state index contributed by atoms with van der Waals surface area (Å²) in [6.45, 7) is 1.59. The molecule has 0 unspecified atom stereocenters. The Bertz CT molecular complexity index is 806. The molecule has 3 aromatic rings. The van der Waals surface area contributed by atoms with Crippen molar-refractivity contribution >= 4 is 34.7 Å². The number of nitrogens with zero attached hydrogens (tertiary/aromatic N) is 4. The third kappa shape index (κ3) is 2.40. The first-order valence-electron chi connectivity index (χ1n) is 7.08. The summed E-state index contributed by atoms with van der Waals surface area (Å²) in [5, 5.41) is 6.54. The molecular weight excluding hydrogens is 316 g/mol. The van der Waals surface area contributed by atoms with Gasteiger partial charge in [-0.15, -0.1) is 11.3 Å². The lowest BCUT2D eigenvalue weighted by Gasteiger charge is -2.25. The largest absolute Gasteiger partial charge is 0.336 e. The van der Waals surface area contributed by atoms with Gasteiger partial charge in [0.15, 0.2) is 11.3 Å². The van der Waals surface area contributed by atoms with Crippen LogP contribution in [0, 0.1) is 0 Å². The molecule has 0 saturated carbocycles. The van der Waals surface area contributed by atoms with E-state index in [1.807, 2.05) is 40.2 Å². The molecule has 1 aliphatic heterocycles. The van der Waals surface area contributed by atoms with Crippen molar-refractivity contribution < 1.29 is 4.79 Å². The Morgan fingerprint density at radius 3 is 2.86 bits per heavy atom. The van der Waals surface area contributed by atoms with Crippen LogP contribution in [-0.4, -0.2) is 50.0 Å². The van der Waals surface area contributed by atoms with Gasteiger partial charge in [0.05, 0.1) is 10.6 Å². The first kappa shape index (κ1) is 13.8. The standard InChI is InChI=1S/C15H14N4OS2/c20-15(18-5-8-21-9-6-18)11-10-14-16-4-3-12(19(14)17-11)13-2-1-7-22-13/h1-4,7,10H,5-6,8-9H2. The van der Waals surface area contributed by atoms with Gasteiger partial charge in [-0.05, 0) is 17.5 Å². The molecule has 1 fully saturated rings. The third-order valence-electron chi connectivity index (χ3n) is 3.65. The molecular formula is C15H14N4OS2. The van der Waals surface area contributed by atoms with Crippen LogP contribution < -0.4 is 0 Å². The van der Waals surface area contributed by atoms with E-state index < -0.39 is 0 Å². The van der Waals surface area contributed by atoms with Crippen LogP contribution in [0.15, 0.2) is 35.8 Å². The van der Waals surface area contributed by atoms with Crippen LogP contribution in [0.25, 0.3) is 16.2 Å². The highest BCUT2D eigenvalue weighted by Gasteiger charge is 2.22. The van der Waals surface area contributed by atoms with Crippen molar-refractivity contribution in [3.63, 3.8) is 0 Å². The number of carbonyl (C=O) groups excluding carboxylic acids is 1. The first-order valence-corrected chi connectivity index (χ1v) is 9.12. The van der Waals surface area contributed by atoms with E-state index in [4.69, 9.17) is 0 Å². The molecule has 112 valence electrons. The molecule has 0 N–H and O–H groups in total. The number of rotatable bonds is 2. The van der Waals surface area contributed by atoms with Crippen molar-refractivity contribution in [3.8, 4) is 10.6 Å². The van der Waals surface area contributed by atoms with Crippen LogP contribution in [-0.2, 0) is 0 Å². The molecule has 0 bridgehead atoms. The Labute approximate surface area is 136 Å². The van der Waals surface area contributed by atoms with Crippen LogP contribution in [0.1, 0.15) is 10.5 Å². The van der Waals surface area contributed by atoms with Gasteiger partial charge in [-0.2, -0.15) is 16.9 Å². The second-order valence-electron chi connectivity index (χ2n) is 5.01. The molecule has 0 spiro atoms. The van der Waals surface area contributed by atoms with Crippen molar-refractivity contribution in [1.82, 2.24) is 19.5 Å². The topological polar surface area (TPSA) is 50.5 Å². The highest BCUT2D eigenvalue weighted by Crippen LogP contribution is 2.25. The Morgan fingerprint density at radius 1 is 1.23 bits per heavy atom. The molecule has 0 atom stereocenters. The minimum atomic E-state index is 0.00271. The summed E-state index contributed by atoms with van der Waals surface area (Å²) in [6.07, 6.45) is 1.76. The van der Waals surface area contributed by atoms with Gasteiger partial charge in [-0.1, -0.05) is 6.07 Å². The van der Waals surface area contributed by atoms with Crippen LogP contribution in [0.2, 0.25) is 0 Å². The molecule has 4 rings (SSSR count). The fraction of sp³-hybridized carbons (Fsp3) is 0.267. The predicted molar refractivity (Wildman–Crippen MR) is 89.5 cm³/mol. The summed E-state index contributed by atoms with van der Waals surface area (Å²) in [7, 11) is 0. The smallest absolute Gasteiger partial charge is 0.274 e. The lowest BCUT2D eigenvalue weighted by molar-refractivity contribution is 0.0766. The van der Waals surface area contributed by atoms with Crippen LogP contribution >= 0.6 is 23.1 Å². The Morgan fingerprint density at radius 2 is 2.09 bits per heavy atom. The maximum Gasteiger partial charge on any atom is 0.274 e. The predicted octanol–water partition coefficient (Wildman–Crippen LogP) is 2.65. The molecule has 0 aromatic carbocycles. The SMILES string of the molecule is O=C(c1cc2nccc(-c3cccs3)n2n1)N1CCSCC1. The number of hydrogen-bond acceptors (Lipinski definition) is 5. The van der Waals surface area contributed by atoms with Crippen molar-refractivity contribution in [3.05, 3.63) is 41.5 Å². The van der Waals surface area contributed by atoms with E-state index >= 15 is 0 Å². The summed E-state index contributed by atoms with van der Waals surface area (Å²) < 4.78 is 1.76. The second-order valence-corrected chi connectivity index (χ2v) is 7.18. The number of hydrogen-bond donors (Lipinski definition) is 0. The monoisotopic (exact) mass is 330 g/mol. The third-order valence-corrected chi connectivity index (χ3v) is 5.48. The molecule has 4 heterocycles. The summed E-state index contributed by atoms with van der Waals surface area (Å²) in [4.78, 5) is 19.9. The number of amides is 1. The maximum absolute atomic E-state index is 12.6. The average molecular weight is 330 g/mol. The van der Waals surface area contributed by atoms with Gasteiger partial charge in [-0.3, -0.25) is 4.79 Å². The van der Waals surface area contributed by atoms with Gasteiger partial charge in [0.2, 0.25) is 0 Å². The van der Waals surface area contributed by atoms with Gasteiger partial charge in [0, 0.05) is 36.9 Å². The average Bonchev–Trinajstić information content (AvgIpc) is 3.24. The van der Waals surface area contributed by atoms with Crippen LogP contribution in [0.3, 0.4) is 0 Å². The number of fused-ring (bicyclic) bond motifs is 1. The fourth-order valence-electron chi connectivity index (χ4n) is 2.54. The normalized spacial score (nSPS) is 15.4. The summed E-state index contributed by atoms with van der Waals surface area (Å²) >= 11 is 3.54. The molecule has 22 heavy (non-hydrogen) atoms. The summed E-state index contributed by atoms with van der Waals surface area (Å²) in [5.41, 5.74) is 2.15. The van der Waals surface area contributed by atoms with Crippen molar-refractivity contribution in [1.29, 1.82) is 0 Å². The highest BCUT2D eigenvalue weighted by molar-refractivity contribution is 7.99. The molecule has 5 nitrogen and oxygen atoms in total. The highest BCUT2D eigenvalue weighted by atomic mass is 32.2. The van der Waals surface area contributed by atoms with Crippen molar-refractivity contribution in [2.24, 2.45) is 0 Å². The minimum Gasteiger partial charge on any atom is -0.336 e. The first-order chi connectivity index (χ1) is 10.8. The Balaban J connectivity index is 1.74. The molecule has 1 aliphatic rings. The molecule has 0 radical (unpaired) electrons. The zero-order valence-corrected chi connectivity index (χ0v) is 13.4. The Hall–Kier alpha value is -1.86. The number of aromatic nitrogens is 3. The van der Waals surface area contributed by atoms with E-state index in [0.29, 0.717) is 11.3 Å².